The number of nitrogens with one attached hydrogen (secondary N) is 1. The fraction of sp³-hybridized carbons (Fsp3) is 0.647. The summed E-state index contributed by atoms with van der Waals surface area (Å²) in [5.41, 5.74) is 0.944. The van der Waals surface area contributed by atoms with Gasteiger partial charge in [-0.05, 0) is 67.9 Å². The summed E-state index contributed by atoms with van der Waals surface area (Å²) in [6, 6.07) is 4.24. The minimum absolute atomic E-state index is 0.586. The van der Waals surface area contributed by atoms with Crippen molar-refractivity contribution >= 4 is 34.8 Å². The SMILES string of the molecule is Clc1ccc(Cl)c(CNC2C3CC4CC(C3)CC2C4)c1Cl. The van der Waals surface area contributed by atoms with Gasteiger partial charge in [0.2, 0.25) is 0 Å². The van der Waals surface area contributed by atoms with E-state index in [-0.39, 0.29) is 0 Å². The first-order valence-corrected chi connectivity index (χ1v) is 9.11. The maximum atomic E-state index is 6.31. The zero-order chi connectivity index (χ0) is 14.6. The molecular formula is C17H20Cl3N. The summed E-state index contributed by atoms with van der Waals surface area (Å²) >= 11 is 18.7. The maximum Gasteiger partial charge on any atom is 0.0652 e. The predicted molar refractivity (Wildman–Crippen MR) is 89.1 cm³/mol. The molecule has 1 aromatic carbocycles. The molecule has 1 aromatic rings. The molecule has 4 aliphatic rings. The first-order chi connectivity index (χ1) is 10.1. The van der Waals surface area contributed by atoms with Crippen molar-refractivity contribution in [2.45, 2.75) is 44.7 Å². The monoisotopic (exact) mass is 343 g/mol. The van der Waals surface area contributed by atoms with Crippen LogP contribution in [0, 0.1) is 23.7 Å². The van der Waals surface area contributed by atoms with Gasteiger partial charge in [-0.2, -0.15) is 0 Å². The average molecular weight is 345 g/mol. The van der Waals surface area contributed by atoms with Gasteiger partial charge in [0.25, 0.3) is 0 Å². The zero-order valence-electron chi connectivity index (χ0n) is 11.9. The van der Waals surface area contributed by atoms with Crippen LogP contribution in [0.25, 0.3) is 0 Å². The number of halogens is 3. The van der Waals surface area contributed by atoms with Gasteiger partial charge in [-0.3, -0.25) is 0 Å². The molecule has 0 spiro atoms. The van der Waals surface area contributed by atoms with E-state index in [1.54, 1.807) is 6.07 Å². The molecule has 4 heteroatoms. The summed E-state index contributed by atoms with van der Waals surface area (Å²) in [4.78, 5) is 0. The molecule has 4 saturated carbocycles. The fourth-order valence-electron chi connectivity index (χ4n) is 5.21. The molecule has 4 aliphatic carbocycles. The maximum absolute atomic E-state index is 6.31. The molecule has 4 fully saturated rings. The Balaban J connectivity index is 1.49. The van der Waals surface area contributed by atoms with Crippen LogP contribution in [0.1, 0.15) is 37.7 Å². The molecule has 0 radical (unpaired) electrons. The van der Waals surface area contributed by atoms with E-state index >= 15 is 0 Å². The van der Waals surface area contributed by atoms with E-state index in [0.29, 0.717) is 21.1 Å². The summed E-state index contributed by atoms with van der Waals surface area (Å²) in [5.74, 6) is 3.73. The van der Waals surface area contributed by atoms with Gasteiger partial charge in [-0.25, -0.2) is 0 Å². The second-order valence-electron chi connectivity index (χ2n) is 7.16. The highest BCUT2D eigenvalue weighted by Gasteiger charge is 2.47. The smallest absolute Gasteiger partial charge is 0.0652 e. The van der Waals surface area contributed by atoms with Gasteiger partial charge in [-0.1, -0.05) is 34.8 Å². The van der Waals surface area contributed by atoms with E-state index in [1.165, 1.54) is 32.1 Å². The Kier molecular flexibility index (Phi) is 3.90. The van der Waals surface area contributed by atoms with Crippen LogP contribution >= 0.6 is 34.8 Å². The van der Waals surface area contributed by atoms with Crippen molar-refractivity contribution in [2.24, 2.45) is 23.7 Å². The van der Waals surface area contributed by atoms with Crippen LogP contribution in [0.4, 0.5) is 0 Å². The van der Waals surface area contributed by atoms with Gasteiger partial charge in [0, 0.05) is 23.2 Å². The molecule has 0 aromatic heterocycles. The summed E-state index contributed by atoms with van der Waals surface area (Å²) in [5, 5.41) is 5.66. The van der Waals surface area contributed by atoms with Crippen LogP contribution in [-0.4, -0.2) is 6.04 Å². The summed E-state index contributed by atoms with van der Waals surface area (Å²) in [6.07, 6.45) is 7.17. The van der Waals surface area contributed by atoms with Crippen LogP contribution in [-0.2, 0) is 6.54 Å². The van der Waals surface area contributed by atoms with Crippen molar-refractivity contribution in [3.05, 3.63) is 32.8 Å². The van der Waals surface area contributed by atoms with E-state index in [2.05, 4.69) is 5.32 Å². The van der Waals surface area contributed by atoms with Gasteiger partial charge in [-0.15, -0.1) is 0 Å². The third kappa shape index (κ3) is 2.61. The van der Waals surface area contributed by atoms with Crippen LogP contribution < -0.4 is 5.32 Å². The third-order valence-electron chi connectivity index (χ3n) is 5.88. The summed E-state index contributed by atoms with van der Waals surface area (Å²) in [7, 11) is 0. The molecule has 0 atom stereocenters. The minimum atomic E-state index is 0.586. The molecule has 21 heavy (non-hydrogen) atoms. The lowest BCUT2D eigenvalue weighted by Crippen LogP contribution is -2.54. The Bertz CT molecular complexity index is 529. The Morgan fingerprint density at radius 2 is 1.43 bits per heavy atom. The van der Waals surface area contributed by atoms with Crippen molar-refractivity contribution in [2.75, 3.05) is 0 Å². The topological polar surface area (TPSA) is 12.0 Å². The zero-order valence-corrected chi connectivity index (χ0v) is 14.2. The van der Waals surface area contributed by atoms with Gasteiger partial charge < -0.3 is 5.32 Å². The molecule has 4 bridgehead atoms. The van der Waals surface area contributed by atoms with E-state index in [9.17, 15) is 0 Å². The highest BCUT2D eigenvalue weighted by atomic mass is 35.5. The number of hydrogen-bond donors (Lipinski definition) is 1. The first-order valence-electron chi connectivity index (χ1n) is 7.97. The molecule has 0 saturated heterocycles. The largest absolute Gasteiger partial charge is 0.309 e. The van der Waals surface area contributed by atoms with Crippen LogP contribution in [0.15, 0.2) is 12.1 Å². The second kappa shape index (κ2) is 5.60. The molecule has 1 nitrogen and oxygen atoms in total. The van der Waals surface area contributed by atoms with Gasteiger partial charge in [0.15, 0.2) is 0 Å². The Labute approximate surface area is 141 Å². The van der Waals surface area contributed by atoms with Gasteiger partial charge in [0.05, 0.1) is 10.0 Å². The number of hydrogen-bond acceptors (Lipinski definition) is 1. The summed E-state index contributed by atoms with van der Waals surface area (Å²) in [6.45, 7) is 0.727. The van der Waals surface area contributed by atoms with Gasteiger partial charge in [0.1, 0.15) is 0 Å². The molecule has 0 amide bonds. The van der Waals surface area contributed by atoms with Crippen molar-refractivity contribution in [3.8, 4) is 0 Å². The molecule has 114 valence electrons. The van der Waals surface area contributed by atoms with E-state index in [1.807, 2.05) is 6.07 Å². The first kappa shape index (κ1) is 14.6. The Morgan fingerprint density at radius 1 is 0.857 bits per heavy atom. The average Bonchev–Trinajstić information content (AvgIpc) is 2.45. The fourth-order valence-corrected chi connectivity index (χ4v) is 5.89. The van der Waals surface area contributed by atoms with Crippen molar-refractivity contribution < 1.29 is 0 Å². The van der Waals surface area contributed by atoms with E-state index < -0.39 is 0 Å². The minimum Gasteiger partial charge on any atom is -0.309 e. The third-order valence-corrected chi connectivity index (χ3v) is 7.08. The molecule has 0 heterocycles. The lowest BCUT2D eigenvalue weighted by molar-refractivity contribution is -0.0142. The lowest BCUT2D eigenvalue weighted by Gasteiger charge is -2.54. The van der Waals surface area contributed by atoms with Crippen molar-refractivity contribution in [1.29, 1.82) is 0 Å². The Morgan fingerprint density at radius 3 is 2.05 bits per heavy atom. The lowest BCUT2D eigenvalue weighted by atomic mass is 9.54. The van der Waals surface area contributed by atoms with E-state index in [0.717, 1.165) is 35.8 Å². The summed E-state index contributed by atoms with van der Waals surface area (Å²) < 4.78 is 0. The predicted octanol–water partition coefficient (Wildman–Crippen LogP) is 5.56. The molecule has 5 rings (SSSR count). The highest BCUT2D eigenvalue weighted by molar-refractivity contribution is 6.44. The number of benzene rings is 1. The van der Waals surface area contributed by atoms with Crippen molar-refractivity contribution in [3.63, 3.8) is 0 Å². The van der Waals surface area contributed by atoms with Crippen LogP contribution in [0.3, 0.4) is 0 Å². The normalized spacial score (nSPS) is 37.2. The van der Waals surface area contributed by atoms with Crippen LogP contribution in [0.5, 0.6) is 0 Å². The van der Waals surface area contributed by atoms with Crippen LogP contribution in [0.2, 0.25) is 15.1 Å². The van der Waals surface area contributed by atoms with Crippen molar-refractivity contribution in [1.82, 2.24) is 5.32 Å². The molecule has 0 unspecified atom stereocenters. The molecule has 0 aliphatic heterocycles. The molecule has 1 N–H and O–H groups in total. The molecular weight excluding hydrogens is 325 g/mol. The highest BCUT2D eigenvalue weighted by Crippen LogP contribution is 2.53. The quantitative estimate of drug-likeness (QED) is 0.708. The standard InChI is InChI=1S/C17H20Cl3N/c18-14-1-2-15(19)16(20)13(14)8-21-17-11-4-9-3-10(6-11)7-12(17)5-9/h1-2,9-12,17,21H,3-8H2. The number of rotatable bonds is 3. The van der Waals surface area contributed by atoms with Gasteiger partial charge >= 0.3 is 0 Å². The Hall–Kier alpha value is 0.0500. The second-order valence-corrected chi connectivity index (χ2v) is 8.35. The van der Waals surface area contributed by atoms with E-state index in [4.69, 9.17) is 34.8 Å².